The van der Waals surface area contributed by atoms with E-state index in [1.807, 2.05) is 6.92 Å². The Bertz CT molecular complexity index is 1390. The number of carbonyl (C=O) groups excluding carboxylic acids is 1. The molecular formula is C23H20ClN3O4. The van der Waals surface area contributed by atoms with E-state index in [0.717, 1.165) is 10.1 Å². The molecule has 0 spiro atoms. The van der Waals surface area contributed by atoms with Crippen LogP contribution in [0.15, 0.2) is 74.9 Å². The minimum atomic E-state index is -0.875. The van der Waals surface area contributed by atoms with Crippen molar-refractivity contribution in [3.63, 3.8) is 0 Å². The third kappa shape index (κ3) is 3.80. The van der Waals surface area contributed by atoms with Crippen LogP contribution in [-0.2, 0) is 11.3 Å². The van der Waals surface area contributed by atoms with Gasteiger partial charge in [0.15, 0.2) is 0 Å². The van der Waals surface area contributed by atoms with Crippen LogP contribution in [0.2, 0.25) is 5.02 Å². The largest absolute Gasteiger partial charge is 0.467 e. The number of aryl methyl sites for hydroxylation is 1. The summed E-state index contributed by atoms with van der Waals surface area (Å²) in [4.78, 5) is 39.5. The van der Waals surface area contributed by atoms with Crippen LogP contribution in [0, 0.1) is 6.92 Å². The molecule has 0 fully saturated rings. The van der Waals surface area contributed by atoms with Crippen molar-refractivity contribution in [1.29, 1.82) is 0 Å². The van der Waals surface area contributed by atoms with Crippen molar-refractivity contribution in [3.05, 3.63) is 98.0 Å². The van der Waals surface area contributed by atoms with Crippen molar-refractivity contribution in [2.45, 2.75) is 26.4 Å². The molecule has 2 aromatic heterocycles. The van der Waals surface area contributed by atoms with Gasteiger partial charge in [-0.1, -0.05) is 29.8 Å². The second-order valence-electron chi connectivity index (χ2n) is 7.22. The molecule has 0 bridgehead atoms. The third-order valence-electron chi connectivity index (χ3n) is 5.19. The lowest BCUT2D eigenvalue weighted by Crippen LogP contribution is -2.43. The number of hydrogen-bond donors (Lipinski definition) is 1. The monoisotopic (exact) mass is 437 g/mol. The average molecular weight is 438 g/mol. The van der Waals surface area contributed by atoms with Crippen LogP contribution in [0.5, 0.6) is 0 Å². The minimum absolute atomic E-state index is 0.191. The molecule has 31 heavy (non-hydrogen) atoms. The van der Waals surface area contributed by atoms with Gasteiger partial charge < -0.3 is 9.73 Å². The van der Waals surface area contributed by atoms with E-state index in [1.54, 1.807) is 61.5 Å². The van der Waals surface area contributed by atoms with E-state index in [1.165, 1.54) is 10.8 Å². The van der Waals surface area contributed by atoms with Gasteiger partial charge in [0.25, 0.3) is 5.56 Å². The van der Waals surface area contributed by atoms with E-state index in [4.69, 9.17) is 16.0 Å². The van der Waals surface area contributed by atoms with Crippen LogP contribution in [0.3, 0.4) is 0 Å². The predicted octanol–water partition coefficient (Wildman–Crippen LogP) is 3.58. The summed E-state index contributed by atoms with van der Waals surface area (Å²) in [6.45, 7) is 3.64. The van der Waals surface area contributed by atoms with Crippen LogP contribution in [-0.4, -0.2) is 15.0 Å². The summed E-state index contributed by atoms with van der Waals surface area (Å²) in [5, 5.41) is 3.53. The summed E-state index contributed by atoms with van der Waals surface area (Å²) in [6, 6.07) is 14.3. The first-order valence-corrected chi connectivity index (χ1v) is 10.1. The number of fused-ring (bicyclic) bond motifs is 1. The summed E-state index contributed by atoms with van der Waals surface area (Å²) < 4.78 is 7.60. The topological polar surface area (TPSA) is 86.2 Å². The SMILES string of the molecule is Cc1ccc(-n2c(=O)c3ccccc3n(C(C)C(=O)NCc3ccco3)c2=O)cc1Cl. The Morgan fingerprint density at radius 2 is 1.90 bits per heavy atom. The Morgan fingerprint density at radius 1 is 1.13 bits per heavy atom. The predicted molar refractivity (Wildman–Crippen MR) is 119 cm³/mol. The van der Waals surface area contributed by atoms with Crippen molar-refractivity contribution >= 4 is 28.4 Å². The van der Waals surface area contributed by atoms with Gasteiger partial charge >= 0.3 is 5.69 Å². The highest BCUT2D eigenvalue weighted by atomic mass is 35.5. The van der Waals surface area contributed by atoms with Gasteiger partial charge in [-0.15, -0.1) is 0 Å². The molecule has 0 saturated heterocycles. The smallest absolute Gasteiger partial charge is 0.336 e. The number of aromatic nitrogens is 2. The number of furan rings is 1. The Morgan fingerprint density at radius 3 is 2.61 bits per heavy atom. The lowest BCUT2D eigenvalue weighted by Gasteiger charge is -2.19. The first-order chi connectivity index (χ1) is 14.9. The van der Waals surface area contributed by atoms with Gasteiger partial charge in [0.1, 0.15) is 11.8 Å². The fourth-order valence-electron chi connectivity index (χ4n) is 3.46. The van der Waals surface area contributed by atoms with E-state index in [2.05, 4.69) is 5.32 Å². The van der Waals surface area contributed by atoms with Gasteiger partial charge in [0.05, 0.1) is 29.4 Å². The van der Waals surface area contributed by atoms with E-state index >= 15 is 0 Å². The van der Waals surface area contributed by atoms with E-state index < -0.39 is 17.3 Å². The van der Waals surface area contributed by atoms with Crippen molar-refractivity contribution in [3.8, 4) is 5.69 Å². The molecule has 1 N–H and O–H groups in total. The van der Waals surface area contributed by atoms with E-state index in [9.17, 15) is 14.4 Å². The number of rotatable bonds is 5. The zero-order chi connectivity index (χ0) is 22.1. The number of halogens is 1. The van der Waals surface area contributed by atoms with E-state index in [-0.39, 0.29) is 12.5 Å². The number of para-hydroxylation sites is 1. The summed E-state index contributed by atoms with van der Waals surface area (Å²) in [5.41, 5.74) is 0.454. The minimum Gasteiger partial charge on any atom is -0.467 e. The third-order valence-corrected chi connectivity index (χ3v) is 5.60. The Hall–Kier alpha value is -3.58. The molecule has 1 unspecified atom stereocenters. The lowest BCUT2D eigenvalue weighted by atomic mass is 10.2. The molecule has 0 aliphatic heterocycles. The maximum Gasteiger partial charge on any atom is 0.336 e. The van der Waals surface area contributed by atoms with Crippen molar-refractivity contribution in [2.24, 2.45) is 0 Å². The van der Waals surface area contributed by atoms with Crippen LogP contribution < -0.4 is 16.6 Å². The molecule has 158 valence electrons. The fourth-order valence-corrected chi connectivity index (χ4v) is 3.63. The Kier molecular flexibility index (Phi) is 5.52. The number of benzene rings is 2. The summed E-state index contributed by atoms with van der Waals surface area (Å²) in [6.07, 6.45) is 1.52. The second-order valence-corrected chi connectivity index (χ2v) is 7.62. The van der Waals surface area contributed by atoms with Gasteiger partial charge in [-0.25, -0.2) is 9.36 Å². The molecule has 8 heteroatoms. The van der Waals surface area contributed by atoms with E-state index in [0.29, 0.717) is 27.4 Å². The molecule has 7 nitrogen and oxygen atoms in total. The Balaban J connectivity index is 1.86. The number of hydrogen-bond acceptors (Lipinski definition) is 4. The summed E-state index contributed by atoms with van der Waals surface area (Å²) in [5.74, 6) is 0.216. The molecule has 1 atom stereocenters. The number of nitrogens with zero attached hydrogens (tertiary/aromatic N) is 2. The average Bonchev–Trinajstić information content (AvgIpc) is 3.28. The van der Waals surface area contributed by atoms with Gasteiger partial charge in [-0.05, 0) is 55.8 Å². The normalized spacial score (nSPS) is 12.1. The first-order valence-electron chi connectivity index (χ1n) is 9.71. The lowest BCUT2D eigenvalue weighted by molar-refractivity contribution is -0.124. The maximum atomic E-state index is 13.5. The zero-order valence-corrected chi connectivity index (χ0v) is 17.7. The molecule has 1 amide bonds. The summed E-state index contributed by atoms with van der Waals surface area (Å²) >= 11 is 6.23. The molecule has 2 aromatic carbocycles. The van der Waals surface area contributed by atoms with Crippen molar-refractivity contribution in [2.75, 3.05) is 0 Å². The van der Waals surface area contributed by atoms with Gasteiger partial charge in [0.2, 0.25) is 5.91 Å². The quantitative estimate of drug-likeness (QED) is 0.517. The van der Waals surface area contributed by atoms with Crippen LogP contribution >= 0.6 is 11.6 Å². The molecule has 0 radical (unpaired) electrons. The molecule has 4 aromatic rings. The molecular weight excluding hydrogens is 418 g/mol. The Labute approximate surface area is 182 Å². The van der Waals surface area contributed by atoms with Crippen LogP contribution in [0.25, 0.3) is 16.6 Å². The fraction of sp³-hybridized carbons (Fsp3) is 0.174. The zero-order valence-electron chi connectivity index (χ0n) is 17.0. The van der Waals surface area contributed by atoms with Gasteiger partial charge in [-0.2, -0.15) is 0 Å². The maximum absolute atomic E-state index is 13.5. The van der Waals surface area contributed by atoms with Crippen molar-refractivity contribution in [1.82, 2.24) is 14.5 Å². The summed E-state index contributed by atoms with van der Waals surface area (Å²) in [7, 11) is 0. The van der Waals surface area contributed by atoms with Gasteiger partial charge in [0, 0.05) is 5.02 Å². The molecule has 0 aliphatic rings. The molecule has 4 rings (SSSR count). The number of carbonyl (C=O) groups is 1. The van der Waals surface area contributed by atoms with Crippen LogP contribution in [0.1, 0.15) is 24.3 Å². The molecule has 0 aliphatic carbocycles. The highest BCUT2D eigenvalue weighted by Gasteiger charge is 2.23. The molecule has 0 saturated carbocycles. The number of nitrogens with one attached hydrogen (secondary N) is 1. The van der Waals surface area contributed by atoms with Crippen LogP contribution in [0.4, 0.5) is 0 Å². The highest BCUT2D eigenvalue weighted by molar-refractivity contribution is 6.31. The molecule has 2 heterocycles. The standard InChI is InChI=1S/C23H20ClN3O4/c1-14-9-10-16(12-19(14)24)27-22(29)18-7-3-4-8-20(18)26(23(27)30)15(2)21(28)25-13-17-6-5-11-31-17/h3-12,15H,13H2,1-2H3,(H,25,28). The van der Waals surface area contributed by atoms with Gasteiger partial charge in [-0.3, -0.25) is 14.2 Å². The second kappa shape index (κ2) is 8.28. The number of amides is 1. The highest BCUT2D eigenvalue weighted by Crippen LogP contribution is 2.19. The van der Waals surface area contributed by atoms with Crippen molar-refractivity contribution < 1.29 is 9.21 Å². The first kappa shape index (κ1) is 20.7.